The Morgan fingerprint density at radius 1 is 1.26 bits per heavy atom. The molecule has 1 aromatic carbocycles. The van der Waals surface area contributed by atoms with Gasteiger partial charge in [-0.25, -0.2) is 4.39 Å². The molecular weight excluding hydrogens is 261 g/mol. The highest BCUT2D eigenvalue weighted by Gasteiger charge is 2.23. The van der Waals surface area contributed by atoms with Gasteiger partial charge in [0.1, 0.15) is 5.82 Å². The summed E-state index contributed by atoms with van der Waals surface area (Å²) >= 11 is 6.04. The van der Waals surface area contributed by atoms with E-state index in [9.17, 15) is 4.39 Å². The first-order valence-corrected chi connectivity index (χ1v) is 7.76. The average molecular weight is 284 g/mol. The van der Waals surface area contributed by atoms with Gasteiger partial charge in [-0.2, -0.15) is 0 Å². The summed E-state index contributed by atoms with van der Waals surface area (Å²) in [5.74, 6) is 1.95. The summed E-state index contributed by atoms with van der Waals surface area (Å²) in [6.07, 6.45) is 5.16. The third-order valence-electron chi connectivity index (χ3n) is 4.30. The molecule has 1 saturated carbocycles. The summed E-state index contributed by atoms with van der Waals surface area (Å²) in [5.41, 5.74) is 2.20. The van der Waals surface area contributed by atoms with Crippen LogP contribution in [-0.2, 0) is 6.54 Å². The van der Waals surface area contributed by atoms with Crippen molar-refractivity contribution in [3.8, 4) is 0 Å². The summed E-state index contributed by atoms with van der Waals surface area (Å²) in [7, 11) is 0. The fourth-order valence-corrected chi connectivity index (χ4v) is 3.39. The topological polar surface area (TPSA) is 12.0 Å². The van der Waals surface area contributed by atoms with E-state index < -0.39 is 0 Å². The number of hydrogen-bond donors (Lipinski definition) is 1. The van der Waals surface area contributed by atoms with Gasteiger partial charge in [-0.1, -0.05) is 18.9 Å². The SMILES string of the molecule is Cc1ccc(F)cc1CNCC1CCCCC1CCl. The normalized spacial score (nSPS) is 23.5. The first-order valence-electron chi connectivity index (χ1n) is 7.22. The van der Waals surface area contributed by atoms with Crippen LogP contribution in [0.3, 0.4) is 0 Å². The van der Waals surface area contributed by atoms with Crippen LogP contribution in [0.2, 0.25) is 0 Å². The Morgan fingerprint density at radius 3 is 2.74 bits per heavy atom. The predicted octanol–water partition coefficient (Wildman–Crippen LogP) is 4.27. The zero-order chi connectivity index (χ0) is 13.7. The Bertz CT molecular complexity index is 408. The van der Waals surface area contributed by atoms with Crippen LogP contribution >= 0.6 is 11.6 Å². The molecule has 2 rings (SSSR count). The van der Waals surface area contributed by atoms with Crippen LogP contribution in [0.25, 0.3) is 0 Å². The van der Waals surface area contributed by atoms with Crippen molar-refractivity contribution in [2.24, 2.45) is 11.8 Å². The monoisotopic (exact) mass is 283 g/mol. The van der Waals surface area contributed by atoms with Gasteiger partial charge in [0.05, 0.1) is 0 Å². The van der Waals surface area contributed by atoms with E-state index in [4.69, 9.17) is 11.6 Å². The minimum absolute atomic E-state index is 0.154. The molecule has 1 aromatic rings. The molecule has 1 nitrogen and oxygen atoms in total. The quantitative estimate of drug-likeness (QED) is 0.796. The molecule has 0 saturated heterocycles. The number of nitrogens with one attached hydrogen (secondary N) is 1. The standard InChI is InChI=1S/C16H23ClFN/c1-12-6-7-16(18)8-15(12)11-19-10-14-5-3-2-4-13(14)9-17/h6-8,13-14,19H,2-5,9-11H2,1H3. The third kappa shape index (κ3) is 4.19. The molecule has 1 aliphatic rings. The van der Waals surface area contributed by atoms with Crippen molar-refractivity contribution in [1.82, 2.24) is 5.32 Å². The molecule has 1 N–H and O–H groups in total. The summed E-state index contributed by atoms with van der Waals surface area (Å²) in [5, 5.41) is 3.48. The van der Waals surface area contributed by atoms with Crippen LogP contribution in [0.4, 0.5) is 4.39 Å². The molecule has 0 amide bonds. The van der Waals surface area contributed by atoms with Crippen molar-refractivity contribution >= 4 is 11.6 Å². The van der Waals surface area contributed by atoms with Gasteiger partial charge in [0, 0.05) is 12.4 Å². The maximum absolute atomic E-state index is 13.2. The molecule has 1 fully saturated rings. The zero-order valence-electron chi connectivity index (χ0n) is 11.6. The summed E-state index contributed by atoms with van der Waals surface area (Å²) < 4.78 is 13.2. The first kappa shape index (κ1) is 14.8. The van der Waals surface area contributed by atoms with E-state index in [1.54, 1.807) is 6.07 Å². The average Bonchev–Trinajstić information content (AvgIpc) is 2.43. The van der Waals surface area contributed by atoms with Crippen molar-refractivity contribution in [2.45, 2.75) is 39.2 Å². The van der Waals surface area contributed by atoms with E-state index in [2.05, 4.69) is 5.32 Å². The van der Waals surface area contributed by atoms with E-state index >= 15 is 0 Å². The summed E-state index contributed by atoms with van der Waals surface area (Å²) in [4.78, 5) is 0. The highest BCUT2D eigenvalue weighted by atomic mass is 35.5. The van der Waals surface area contributed by atoms with Crippen molar-refractivity contribution in [2.75, 3.05) is 12.4 Å². The van der Waals surface area contributed by atoms with Crippen LogP contribution in [-0.4, -0.2) is 12.4 Å². The highest BCUT2D eigenvalue weighted by Crippen LogP contribution is 2.30. The van der Waals surface area contributed by atoms with Crippen LogP contribution in [0, 0.1) is 24.6 Å². The number of rotatable bonds is 5. The minimum atomic E-state index is -0.154. The maximum atomic E-state index is 13.2. The van der Waals surface area contributed by atoms with Gasteiger partial charge >= 0.3 is 0 Å². The van der Waals surface area contributed by atoms with E-state index in [1.807, 2.05) is 13.0 Å². The van der Waals surface area contributed by atoms with Crippen LogP contribution in [0.1, 0.15) is 36.8 Å². The molecular formula is C16H23ClFN. The fraction of sp³-hybridized carbons (Fsp3) is 0.625. The lowest BCUT2D eigenvalue weighted by Gasteiger charge is -2.30. The van der Waals surface area contributed by atoms with Gasteiger partial charge in [0.2, 0.25) is 0 Å². The molecule has 2 unspecified atom stereocenters. The second-order valence-electron chi connectivity index (χ2n) is 5.66. The largest absolute Gasteiger partial charge is 0.312 e. The van der Waals surface area contributed by atoms with Crippen LogP contribution < -0.4 is 5.32 Å². The zero-order valence-corrected chi connectivity index (χ0v) is 12.3. The van der Waals surface area contributed by atoms with Gasteiger partial charge in [-0.3, -0.25) is 0 Å². The lowest BCUT2D eigenvalue weighted by atomic mass is 9.80. The molecule has 3 heteroatoms. The van der Waals surface area contributed by atoms with Gasteiger partial charge in [0.15, 0.2) is 0 Å². The number of aryl methyl sites for hydroxylation is 1. The molecule has 2 atom stereocenters. The van der Waals surface area contributed by atoms with E-state index in [-0.39, 0.29) is 5.82 Å². The molecule has 106 valence electrons. The highest BCUT2D eigenvalue weighted by molar-refractivity contribution is 6.18. The van der Waals surface area contributed by atoms with Gasteiger partial charge in [0.25, 0.3) is 0 Å². The Kier molecular flexibility index (Phi) is 5.65. The first-order chi connectivity index (χ1) is 9.20. The number of halogens is 2. The lowest BCUT2D eigenvalue weighted by Crippen LogP contribution is -2.31. The molecule has 1 aliphatic carbocycles. The third-order valence-corrected chi connectivity index (χ3v) is 4.69. The van der Waals surface area contributed by atoms with Crippen molar-refractivity contribution in [3.63, 3.8) is 0 Å². The smallest absolute Gasteiger partial charge is 0.123 e. The lowest BCUT2D eigenvalue weighted by molar-refractivity contribution is 0.250. The second-order valence-corrected chi connectivity index (χ2v) is 5.97. The molecule has 0 bridgehead atoms. The van der Waals surface area contributed by atoms with Crippen molar-refractivity contribution in [1.29, 1.82) is 0 Å². The van der Waals surface area contributed by atoms with E-state index in [0.717, 1.165) is 30.1 Å². The van der Waals surface area contributed by atoms with Crippen molar-refractivity contribution < 1.29 is 4.39 Å². The van der Waals surface area contributed by atoms with Crippen LogP contribution in [0.15, 0.2) is 18.2 Å². The molecule has 0 heterocycles. The second kappa shape index (κ2) is 7.25. The van der Waals surface area contributed by atoms with Gasteiger partial charge in [-0.15, -0.1) is 11.6 Å². The molecule has 19 heavy (non-hydrogen) atoms. The van der Waals surface area contributed by atoms with Gasteiger partial charge < -0.3 is 5.32 Å². The Hall–Kier alpha value is -0.600. The fourth-order valence-electron chi connectivity index (χ4n) is 2.98. The predicted molar refractivity (Wildman–Crippen MR) is 79.0 cm³/mol. The van der Waals surface area contributed by atoms with E-state index in [0.29, 0.717) is 11.8 Å². The number of alkyl halides is 1. The Morgan fingerprint density at radius 2 is 2.00 bits per heavy atom. The van der Waals surface area contributed by atoms with Crippen molar-refractivity contribution in [3.05, 3.63) is 35.1 Å². The summed E-state index contributed by atoms with van der Waals surface area (Å²) in [6.45, 7) is 3.76. The molecule has 0 spiro atoms. The minimum Gasteiger partial charge on any atom is -0.312 e. The molecule has 0 aliphatic heterocycles. The molecule has 0 radical (unpaired) electrons. The Balaban J connectivity index is 1.83. The van der Waals surface area contributed by atoms with Crippen LogP contribution in [0.5, 0.6) is 0 Å². The van der Waals surface area contributed by atoms with Gasteiger partial charge in [-0.05, 0) is 61.4 Å². The molecule has 0 aromatic heterocycles. The summed E-state index contributed by atoms with van der Waals surface area (Å²) in [6, 6.07) is 4.99. The maximum Gasteiger partial charge on any atom is 0.123 e. The number of benzene rings is 1. The van der Waals surface area contributed by atoms with E-state index in [1.165, 1.54) is 31.7 Å². The number of hydrogen-bond acceptors (Lipinski definition) is 1. The Labute approximate surface area is 120 Å².